The zero-order chi connectivity index (χ0) is 6.91. The summed E-state index contributed by atoms with van der Waals surface area (Å²) < 4.78 is 0. The molecule has 0 bridgehead atoms. The molecule has 0 radical (unpaired) electrons. The maximum atomic E-state index is 4.42. The van der Waals surface area contributed by atoms with Gasteiger partial charge in [-0.2, -0.15) is 12.6 Å². The molecule has 0 aromatic heterocycles. The van der Waals surface area contributed by atoms with E-state index in [0.717, 1.165) is 0 Å². The molecule has 2 heteroatoms. The molecule has 1 fully saturated rings. The first-order chi connectivity index (χ1) is 4.15. The molecule has 2 atom stereocenters. The molecule has 0 spiro atoms. The quantitative estimate of drug-likeness (QED) is 0.532. The smallest absolute Gasteiger partial charge is 0.0267 e. The molecule has 0 aromatic rings. The summed E-state index contributed by atoms with van der Waals surface area (Å²) in [5, 5.41) is 3.93. The van der Waals surface area contributed by atoms with Crippen molar-refractivity contribution < 1.29 is 0 Å². The van der Waals surface area contributed by atoms with Crippen molar-refractivity contribution in [1.29, 1.82) is 0 Å². The fourth-order valence-electron chi connectivity index (χ4n) is 1.27. The van der Waals surface area contributed by atoms with E-state index in [9.17, 15) is 0 Å². The summed E-state index contributed by atoms with van der Waals surface area (Å²) in [6, 6.07) is 0. The van der Waals surface area contributed by atoms with Gasteiger partial charge < -0.3 is 5.32 Å². The maximum absolute atomic E-state index is 4.42. The van der Waals surface area contributed by atoms with E-state index >= 15 is 0 Å². The van der Waals surface area contributed by atoms with Crippen LogP contribution < -0.4 is 5.32 Å². The molecule has 2 unspecified atom stereocenters. The average molecular weight is 145 g/mol. The van der Waals surface area contributed by atoms with E-state index in [-0.39, 0.29) is 0 Å². The van der Waals surface area contributed by atoms with Gasteiger partial charge in [-0.05, 0) is 26.3 Å². The number of thiol groups is 1. The van der Waals surface area contributed by atoms with Gasteiger partial charge in [0.1, 0.15) is 0 Å². The Morgan fingerprint density at radius 2 is 2.33 bits per heavy atom. The maximum Gasteiger partial charge on any atom is 0.0267 e. The van der Waals surface area contributed by atoms with Gasteiger partial charge in [-0.25, -0.2) is 0 Å². The molecule has 1 rings (SSSR count). The van der Waals surface area contributed by atoms with E-state index < -0.39 is 0 Å². The molecule has 0 aliphatic carbocycles. The van der Waals surface area contributed by atoms with Crippen LogP contribution in [0.25, 0.3) is 0 Å². The molecule has 1 aliphatic rings. The van der Waals surface area contributed by atoms with Gasteiger partial charge in [0.25, 0.3) is 0 Å². The minimum absolute atomic E-state index is 0.309. The Morgan fingerprint density at radius 1 is 1.67 bits per heavy atom. The van der Waals surface area contributed by atoms with Crippen molar-refractivity contribution in [1.82, 2.24) is 5.32 Å². The van der Waals surface area contributed by atoms with Crippen LogP contribution in [-0.4, -0.2) is 17.3 Å². The second-order valence-corrected chi connectivity index (χ2v) is 3.90. The van der Waals surface area contributed by atoms with Crippen LogP contribution in [0.5, 0.6) is 0 Å². The lowest BCUT2D eigenvalue weighted by atomic mass is 9.97. The third-order valence-electron chi connectivity index (χ3n) is 2.32. The van der Waals surface area contributed by atoms with Crippen molar-refractivity contribution in [2.24, 2.45) is 0 Å². The van der Waals surface area contributed by atoms with E-state index in [1.807, 2.05) is 0 Å². The standard InChI is InChI=1S/C7H15NS/c1-6(9)7(2)4-3-5-8-7/h6,8-9H,3-5H2,1-2H3. The van der Waals surface area contributed by atoms with Crippen LogP contribution in [0.2, 0.25) is 0 Å². The molecule has 1 heterocycles. The van der Waals surface area contributed by atoms with Crippen LogP contribution >= 0.6 is 12.6 Å². The SMILES string of the molecule is CC(S)C1(C)CCCN1. The van der Waals surface area contributed by atoms with Gasteiger partial charge in [0.15, 0.2) is 0 Å². The van der Waals surface area contributed by atoms with Crippen molar-refractivity contribution in [2.75, 3.05) is 6.54 Å². The molecule has 1 nitrogen and oxygen atoms in total. The fraction of sp³-hybridized carbons (Fsp3) is 1.00. The highest BCUT2D eigenvalue weighted by atomic mass is 32.1. The summed E-state index contributed by atoms with van der Waals surface area (Å²) in [7, 11) is 0. The summed E-state index contributed by atoms with van der Waals surface area (Å²) in [5.41, 5.74) is 0.309. The predicted molar refractivity (Wildman–Crippen MR) is 44.1 cm³/mol. The summed E-state index contributed by atoms with van der Waals surface area (Å²) in [5.74, 6) is 0. The van der Waals surface area contributed by atoms with E-state index in [1.165, 1.54) is 19.4 Å². The van der Waals surface area contributed by atoms with E-state index in [4.69, 9.17) is 0 Å². The Morgan fingerprint density at radius 3 is 2.56 bits per heavy atom. The minimum atomic E-state index is 0.309. The monoisotopic (exact) mass is 145 g/mol. The Hall–Kier alpha value is 0.310. The van der Waals surface area contributed by atoms with Gasteiger partial charge in [0.2, 0.25) is 0 Å². The second kappa shape index (κ2) is 2.51. The molecular formula is C7H15NS. The van der Waals surface area contributed by atoms with Crippen LogP contribution in [0.1, 0.15) is 26.7 Å². The fourth-order valence-corrected chi connectivity index (χ4v) is 1.49. The first-order valence-corrected chi connectivity index (χ1v) is 4.10. The molecule has 0 amide bonds. The zero-order valence-electron chi connectivity index (χ0n) is 6.15. The van der Waals surface area contributed by atoms with Gasteiger partial charge in [-0.3, -0.25) is 0 Å². The van der Waals surface area contributed by atoms with Gasteiger partial charge in [0, 0.05) is 10.8 Å². The Balaban J connectivity index is 2.51. The average Bonchev–Trinajstić information content (AvgIpc) is 2.16. The molecule has 1 aliphatic heterocycles. The van der Waals surface area contributed by atoms with Crippen LogP contribution in [0.15, 0.2) is 0 Å². The van der Waals surface area contributed by atoms with E-state index in [0.29, 0.717) is 10.8 Å². The Bertz CT molecular complexity index is 95.1. The Labute approximate surface area is 62.6 Å². The number of nitrogens with one attached hydrogen (secondary N) is 1. The molecule has 1 saturated heterocycles. The Kier molecular flexibility index (Phi) is 2.07. The lowest BCUT2D eigenvalue weighted by Crippen LogP contribution is -2.43. The van der Waals surface area contributed by atoms with Crippen molar-refractivity contribution in [3.05, 3.63) is 0 Å². The first kappa shape index (κ1) is 7.42. The van der Waals surface area contributed by atoms with Crippen LogP contribution in [0.3, 0.4) is 0 Å². The van der Waals surface area contributed by atoms with Gasteiger partial charge in [-0.1, -0.05) is 6.92 Å². The predicted octanol–water partition coefficient (Wildman–Crippen LogP) is 1.45. The summed E-state index contributed by atoms with van der Waals surface area (Å²) in [6.07, 6.45) is 2.58. The highest BCUT2D eigenvalue weighted by Crippen LogP contribution is 2.25. The van der Waals surface area contributed by atoms with Crippen molar-refractivity contribution in [2.45, 2.75) is 37.5 Å². The minimum Gasteiger partial charge on any atom is -0.310 e. The number of rotatable bonds is 1. The van der Waals surface area contributed by atoms with E-state index in [1.54, 1.807) is 0 Å². The third kappa shape index (κ3) is 1.41. The highest BCUT2D eigenvalue weighted by Gasteiger charge is 2.31. The largest absolute Gasteiger partial charge is 0.310 e. The molecule has 0 aromatic carbocycles. The normalized spacial score (nSPS) is 39.0. The van der Waals surface area contributed by atoms with E-state index in [2.05, 4.69) is 31.8 Å². The molecule has 0 saturated carbocycles. The third-order valence-corrected chi connectivity index (χ3v) is 2.89. The summed E-state index contributed by atoms with van der Waals surface area (Å²) >= 11 is 4.42. The lowest BCUT2D eigenvalue weighted by molar-refractivity contribution is 0.414. The summed E-state index contributed by atoms with van der Waals surface area (Å²) in [6.45, 7) is 5.57. The highest BCUT2D eigenvalue weighted by molar-refractivity contribution is 7.81. The molecule has 54 valence electrons. The van der Waals surface area contributed by atoms with Crippen molar-refractivity contribution in [3.63, 3.8) is 0 Å². The van der Waals surface area contributed by atoms with Crippen LogP contribution in [0, 0.1) is 0 Å². The van der Waals surface area contributed by atoms with Gasteiger partial charge in [0.05, 0.1) is 0 Å². The summed E-state index contributed by atoms with van der Waals surface area (Å²) in [4.78, 5) is 0. The van der Waals surface area contributed by atoms with Crippen molar-refractivity contribution >= 4 is 12.6 Å². The lowest BCUT2D eigenvalue weighted by Gasteiger charge is -2.27. The number of hydrogen-bond acceptors (Lipinski definition) is 2. The molecule has 1 N–H and O–H groups in total. The second-order valence-electron chi connectivity index (χ2n) is 3.12. The number of hydrogen-bond donors (Lipinski definition) is 2. The van der Waals surface area contributed by atoms with Gasteiger partial charge in [-0.15, -0.1) is 0 Å². The molecular weight excluding hydrogens is 130 g/mol. The van der Waals surface area contributed by atoms with Gasteiger partial charge >= 0.3 is 0 Å². The van der Waals surface area contributed by atoms with Crippen molar-refractivity contribution in [3.8, 4) is 0 Å². The molecule has 9 heavy (non-hydrogen) atoms. The zero-order valence-corrected chi connectivity index (χ0v) is 7.04. The van der Waals surface area contributed by atoms with Crippen LogP contribution in [-0.2, 0) is 0 Å². The first-order valence-electron chi connectivity index (χ1n) is 3.58. The topological polar surface area (TPSA) is 12.0 Å². The van der Waals surface area contributed by atoms with Crippen LogP contribution in [0.4, 0.5) is 0 Å².